The molecule has 100 valence electrons. The Hall–Kier alpha value is -2.03. The zero-order valence-corrected chi connectivity index (χ0v) is 10.5. The van der Waals surface area contributed by atoms with Crippen LogP contribution in [0.1, 0.15) is 0 Å². The van der Waals surface area contributed by atoms with E-state index in [4.69, 9.17) is 0 Å². The fourth-order valence-corrected chi connectivity index (χ4v) is 1.58. The summed E-state index contributed by atoms with van der Waals surface area (Å²) in [5.74, 6) is -4.14. The molecule has 0 aliphatic rings. The lowest BCUT2D eigenvalue weighted by Gasteiger charge is -2.07. The van der Waals surface area contributed by atoms with E-state index in [0.29, 0.717) is 0 Å². The highest BCUT2D eigenvalue weighted by Crippen LogP contribution is 2.23. The molecule has 0 aliphatic carbocycles. The van der Waals surface area contributed by atoms with Crippen LogP contribution in [0.4, 0.5) is 18.9 Å². The Morgan fingerprint density at radius 1 is 1.21 bits per heavy atom. The molecule has 1 N–H and O–H groups in total. The molecule has 0 aliphatic heterocycles. The van der Waals surface area contributed by atoms with Gasteiger partial charge in [-0.2, -0.15) is 0 Å². The maximum Gasteiger partial charge on any atom is 0.196 e. The summed E-state index contributed by atoms with van der Waals surface area (Å²) in [7, 11) is 0. The molecule has 1 heterocycles. The van der Waals surface area contributed by atoms with E-state index in [9.17, 15) is 13.2 Å². The highest BCUT2D eigenvalue weighted by Gasteiger charge is 2.13. The third-order valence-electron chi connectivity index (χ3n) is 2.07. The zero-order valence-electron chi connectivity index (χ0n) is 9.64. The van der Waals surface area contributed by atoms with E-state index >= 15 is 0 Å². The van der Waals surface area contributed by atoms with Crippen LogP contribution in [0.2, 0.25) is 0 Å². The van der Waals surface area contributed by atoms with Crippen molar-refractivity contribution in [2.24, 2.45) is 4.99 Å². The second-order valence-corrected chi connectivity index (χ2v) is 4.09. The molecule has 0 bridgehead atoms. The Morgan fingerprint density at radius 2 is 1.89 bits per heavy atom. The third kappa shape index (κ3) is 3.05. The molecule has 2 rings (SSSR count). The summed E-state index contributed by atoms with van der Waals surface area (Å²) in [5, 5.41) is 7.39. The van der Waals surface area contributed by atoms with Crippen LogP contribution < -0.4 is 5.43 Å². The highest BCUT2D eigenvalue weighted by molar-refractivity contribution is 8.13. The summed E-state index contributed by atoms with van der Waals surface area (Å²) in [6, 6.07) is 1.87. The van der Waals surface area contributed by atoms with Gasteiger partial charge in [-0.05, 0) is 18.4 Å². The minimum Gasteiger partial charge on any atom is -0.270 e. The summed E-state index contributed by atoms with van der Waals surface area (Å²) in [6.07, 6.45) is 4.43. The van der Waals surface area contributed by atoms with E-state index in [1.165, 1.54) is 17.3 Å². The van der Waals surface area contributed by atoms with Crippen LogP contribution in [0.3, 0.4) is 0 Å². The second-order valence-electron chi connectivity index (χ2n) is 3.30. The SMILES string of the molecule is CSC(=Nc1ccc(F)c(F)c1F)Nn1cnnc1. The molecule has 0 amide bonds. The first kappa shape index (κ1) is 13.4. The van der Waals surface area contributed by atoms with Crippen molar-refractivity contribution in [1.82, 2.24) is 14.9 Å². The van der Waals surface area contributed by atoms with Crippen LogP contribution in [0.15, 0.2) is 29.8 Å². The highest BCUT2D eigenvalue weighted by atomic mass is 32.2. The van der Waals surface area contributed by atoms with Crippen LogP contribution in [-0.4, -0.2) is 26.3 Å². The van der Waals surface area contributed by atoms with E-state index in [1.807, 2.05) is 0 Å². The molecule has 0 saturated carbocycles. The number of benzene rings is 1. The lowest BCUT2D eigenvalue weighted by atomic mass is 10.3. The number of amidine groups is 1. The van der Waals surface area contributed by atoms with Crippen molar-refractivity contribution in [3.63, 3.8) is 0 Å². The first-order valence-electron chi connectivity index (χ1n) is 4.99. The quantitative estimate of drug-likeness (QED) is 0.523. The number of hydrogen-bond acceptors (Lipinski definition) is 4. The van der Waals surface area contributed by atoms with Gasteiger partial charge in [0.1, 0.15) is 18.3 Å². The monoisotopic (exact) mass is 287 g/mol. The number of hydrogen-bond donors (Lipinski definition) is 1. The zero-order chi connectivity index (χ0) is 13.8. The molecule has 19 heavy (non-hydrogen) atoms. The first-order chi connectivity index (χ1) is 9.11. The molecule has 0 fully saturated rings. The Bertz CT molecular complexity index is 599. The Balaban J connectivity index is 2.30. The number of rotatable bonds is 2. The Morgan fingerprint density at radius 3 is 2.53 bits per heavy atom. The standard InChI is InChI=1S/C10H8F3N5S/c1-19-10(17-18-4-14-15-5-18)16-7-3-2-6(11)8(12)9(7)13/h2-5H,1H3,(H,16,17). The molecule has 9 heteroatoms. The summed E-state index contributed by atoms with van der Waals surface area (Å²) in [6.45, 7) is 0. The topological polar surface area (TPSA) is 55.1 Å². The predicted octanol–water partition coefficient (Wildman–Crippen LogP) is 2.29. The van der Waals surface area contributed by atoms with Crippen LogP contribution in [0.25, 0.3) is 0 Å². The fraction of sp³-hybridized carbons (Fsp3) is 0.100. The molecule has 1 aromatic heterocycles. The van der Waals surface area contributed by atoms with Crippen LogP contribution in [0.5, 0.6) is 0 Å². The number of aliphatic imine (C=N–C) groups is 1. The molecular formula is C10H8F3N5S. The van der Waals surface area contributed by atoms with Gasteiger partial charge < -0.3 is 0 Å². The van der Waals surface area contributed by atoms with Crippen molar-refractivity contribution in [1.29, 1.82) is 0 Å². The summed E-state index contributed by atoms with van der Waals surface area (Å²) >= 11 is 1.16. The maximum absolute atomic E-state index is 13.4. The number of aromatic nitrogens is 3. The molecule has 2 aromatic rings. The molecule has 0 saturated heterocycles. The average Bonchev–Trinajstić information content (AvgIpc) is 2.91. The number of thioether (sulfide) groups is 1. The van der Waals surface area contributed by atoms with Gasteiger partial charge in [0.2, 0.25) is 0 Å². The molecule has 5 nitrogen and oxygen atoms in total. The first-order valence-corrected chi connectivity index (χ1v) is 6.22. The lowest BCUT2D eigenvalue weighted by Crippen LogP contribution is -2.18. The average molecular weight is 287 g/mol. The minimum absolute atomic E-state index is 0.268. The predicted molar refractivity (Wildman–Crippen MR) is 66.3 cm³/mol. The van der Waals surface area contributed by atoms with Crippen molar-refractivity contribution in [2.45, 2.75) is 0 Å². The van der Waals surface area contributed by atoms with Gasteiger partial charge in [-0.15, -0.1) is 10.2 Å². The van der Waals surface area contributed by atoms with E-state index in [-0.39, 0.29) is 10.9 Å². The van der Waals surface area contributed by atoms with E-state index in [1.54, 1.807) is 6.26 Å². The molecule has 0 unspecified atom stereocenters. The Kier molecular flexibility index (Phi) is 4.05. The van der Waals surface area contributed by atoms with E-state index < -0.39 is 17.5 Å². The smallest absolute Gasteiger partial charge is 0.196 e. The Labute approximate surface area is 110 Å². The van der Waals surface area contributed by atoms with Gasteiger partial charge in [-0.1, -0.05) is 11.8 Å². The van der Waals surface area contributed by atoms with Crippen molar-refractivity contribution < 1.29 is 13.2 Å². The number of halogens is 3. The van der Waals surface area contributed by atoms with Crippen LogP contribution in [-0.2, 0) is 0 Å². The minimum atomic E-state index is -1.55. The maximum atomic E-state index is 13.4. The van der Waals surface area contributed by atoms with Gasteiger partial charge in [0.25, 0.3) is 0 Å². The van der Waals surface area contributed by atoms with Gasteiger partial charge in [0.15, 0.2) is 22.6 Å². The van der Waals surface area contributed by atoms with Crippen molar-refractivity contribution in [3.8, 4) is 0 Å². The fourth-order valence-electron chi connectivity index (χ4n) is 1.20. The normalized spacial score (nSPS) is 11.7. The summed E-state index contributed by atoms with van der Waals surface area (Å²) in [5.41, 5.74) is 2.44. The molecule has 0 atom stereocenters. The summed E-state index contributed by atoms with van der Waals surface area (Å²) < 4.78 is 40.7. The van der Waals surface area contributed by atoms with Crippen molar-refractivity contribution >= 4 is 22.6 Å². The molecular weight excluding hydrogens is 279 g/mol. The van der Waals surface area contributed by atoms with E-state index in [2.05, 4.69) is 20.6 Å². The summed E-state index contributed by atoms with van der Waals surface area (Å²) in [4.78, 5) is 3.86. The number of nitrogens with zero attached hydrogens (tertiary/aromatic N) is 4. The largest absolute Gasteiger partial charge is 0.270 e. The van der Waals surface area contributed by atoms with E-state index in [0.717, 1.165) is 23.9 Å². The van der Waals surface area contributed by atoms with Gasteiger partial charge >= 0.3 is 0 Å². The lowest BCUT2D eigenvalue weighted by molar-refractivity contribution is 0.448. The van der Waals surface area contributed by atoms with Gasteiger partial charge in [0.05, 0.1) is 0 Å². The van der Waals surface area contributed by atoms with Crippen LogP contribution in [0, 0.1) is 17.5 Å². The second kappa shape index (κ2) is 5.74. The molecule has 0 radical (unpaired) electrons. The number of nitrogens with one attached hydrogen (secondary N) is 1. The van der Waals surface area contributed by atoms with Gasteiger partial charge in [0, 0.05) is 0 Å². The van der Waals surface area contributed by atoms with Gasteiger partial charge in [-0.3, -0.25) is 5.43 Å². The third-order valence-corrected chi connectivity index (χ3v) is 2.64. The van der Waals surface area contributed by atoms with Crippen LogP contribution >= 0.6 is 11.8 Å². The van der Waals surface area contributed by atoms with Gasteiger partial charge in [-0.25, -0.2) is 22.8 Å². The molecule has 0 spiro atoms. The molecule has 1 aromatic carbocycles. The van der Waals surface area contributed by atoms with Crippen molar-refractivity contribution in [2.75, 3.05) is 11.7 Å². The van der Waals surface area contributed by atoms with Crippen molar-refractivity contribution in [3.05, 3.63) is 42.2 Å².